The van der Waals surface area contributed by atoms with Crippen LogP contribution in [0.2, 0.25) is 0 Å². The molecule has 1 atom stereocenters. The van der Waals surface area contributed by atoms with E-state index in [0.717, 1.165) is 62.8 Å². The fourth-order valence-corrected chi connectivity index (χ4v) is 4.39. The van der Waals surface area contributed by atoms with Crippen LogP contribution in [0.1, 0.15) is 43.0 Å². The van der Waals surface area contributed by atoms with Crippen LogP contribution in [0.5, 0.6) is 5.75 Å². The molecule has 4 rings (SSSR count). The lowest BCUT2D eigenvalue weighted by Gasteiger charge is -2.24. The van der Waals surface area contributed by atoms with Gasteiger partial charge in [-0.1, -0.05) is 30.9 Å². The summed E-state index contributed by atoms with van der Waals surface area (Å²) in [5.41, 5.74) is 1.17. The Balaban J connectivity index is 1.38. The Morgan fingerprint density at radius 1 is 1.28 bits per heavy atom. The van der Waals surface area contributed by atoms with Gasteiger partial charge in [-0.05, 0) is 25.8 Å². The SMILES string of the molecule is C=CCOc1ccccc1CN1CCc2nnc([C@H](C)NC(=O)C3CCOCC3)n2CC1. The smallest absolute Gasteiger partial charge is 0.223 e. The molecule has 2 aromatic rings. The molecule has 0 spiro atoms. The average Bonchev–Trinajstić information content (AvgIpc) is 3.13. The molecule has 2 aliphatic rings. The van der Waals surface area contributed by atoms with Gasteiger partial charge in [0.1, 0.15) is 18.2 Å². The van der Waals surface area contributed by atoms with E-state index in [2.05, 4.69) is 37.6 Å². The third kappa shape index (κ3) is 5.37. The van der Waals surface area contributed by atoms with E-state index in [-0.39, 0.29) is 17.9 Å². The number of nitrogens with one attached hydrogen (secondary N) is 1. The van der Waals surface area contributed by atoms with Crippen LogP contribution in [0.3, 0.4) is 0 Å². The number of hydrogen-bond acceptors (Lipinski definition) is 6. The maximum absolute atomic E-state index is 12.7. The summed E-state index contributed by atoms with van der Waals surface area (Å²) in [6.07, 6.45) is 4.15. The average molecular weight is 440 g/mol. The standard InChI is InChI=1S/C24H33N5O3/c1-3-14-32-21-7-5-4-6-20(21)17-28-11-8-22-26-27-23(29(22)13-12-28)18(2)25-24(30)19-9-15-31-16-10-19/h3-7,18-19H,1,8-17H2,2H3,(H,25,30)/t18-/m0/s1. The lowest BCUT2D eigenvalue weighted by molar-refractivity contribution is -0.128. The second-order valence-electron chi connectivity index (χ2n) is 8.48. The minimum Gasteiger partial charge on any atom is -0.489 e. The second kappa shape index (κ2) is 10.7. The van der Waals surface area contributed by atoms with Crippen LogP contribution in [-0.2, 0) is 29.0 Å². The Bertz CT molecular complexity index is 922. The number of benzene rings is 1. The normalized spacial score (nSPS) is 18.4. The molecule has 32 heavy (non-hydrogen) atoms. The highest BCUT2D eigenvalue weighted by molar-refractivity contribution is 5.79. The lowest BCUT2D eigenvalue weighted by Crippen LogP contribution is -2.36. The van der Waals surface area contributed by atoms with Crippen molar-refractivity contribution < 1.29 is 14.3 Å². The summed E-state index contributed by atoms with van der Waals surface area (Å²) in [5.74, 6) is 2.82. The van der Waals surface area contributed by atoms with E-state index in [4.69, 9.17) is 9.47 Å². The number of rotatable bonds is 8. The van der Waals surface area contributed by atoms with Crippen molar-refractivity contribution in [3.05, 3.63) is 54.1 Å². The van der Waals surface area contributed by atoms with Crippen molar-refractivity contribution in [3.63, 3.8) is 0 Å². The minimum atomic E-state index is -0.175. The van der Waals surface area contributed by atoms with Crippen molar-refractivity contribution in [3.8, 4) is 5.75 Å². The van der Waals surface area contributed by atoms with Gasteiger partial charge in [-0.3, -0.25) is 9.69 Å². The maximum Gasteiger partial charge on any atom is 0.223 e. The third-order valence-electron chi connectivity index (χ3n) is 6.21. The summed E-state index contributed by atoms with van der Waals surface area (Å²) in [5, 5.41) is 12.0. The number of carbonyl (C=O) groups is 1. The highest BCUT2D eigenvalue weighted by Crippen LogP contribution is 2.22. The first-order valence-electron chi connectivity index (χ1n) is 11.5. The van der Waals surface area contributed by atoms with Gasteiger partial charge in [-0.15, -0.1) is 10.2 Å². The molecule has 0 saturated carbocycles. The molecule has 1 amide bonds. The van der Waals surface area contributed by atoms with E-state index in [9.17, 15) is 4.79 Å². The van der Waals surface area contributed by atoms with Crippen molar-refractivity contribution in [2.45, 2.75) is 45.3 Å². The molecule has 1 aromatic carbocycles. The molecule has 8 heteroatoms. The predicted molar refractivity (Wildman–Crippen MR) is 121 cm³/mol. The lowest BCUT2D eigenvalue weighted by atomic mass is 9.99. The van der Waals surface area contributed by atoms with Gasteiger partial charge in [-0.25, -0.2) is 0 Å². The van der Waals surface area contributed by atoms with E-state index in [1.54, 1.807) is 6.08 Å². The predicted octanol–water partition coefficient (Wildman–Crippen LogP) is 2.51. The summed E-state index contributed by atoms with van der Waals surface area (Å²) in [4.78, 5) is 15.1. The number of amides is 1. The minimum absolute atomic E-state index is 0.0246. The first-order chi connectivity index (χ1) is 15.7. The molecule has 1 saturated heterocycles. The van der Waals surface area contributed by atoms with E-state index in [0.29, 0.717) is 19.8 Å². The zero-order valence-electron chi connectivity index (χ0n) is 18.8. The van der Waals surface area contributed by atoms with E-state index in [1.807, 2.05) is 25.1 Å². The van der Waals surface area contributed by atoms with E-state index < -0.39 is 0 Å². The second-order valence-corrected chi connectivity index (χ2v) is 8.48. The quantitative estimate of drug-likeness (QED) is 0.637. The Labute approximate surface area is 189 Å². The zero-order valence-corrected chi connectivity index (χ0v) is 18.8. The first kappa shape index (κ1) is 22.5. The van der Waals surface area contributed by atoms with Crippen LogP contribution in [-0.4, -0.2) is 58.5 Å². The van der Waals surface area contributed by atoms with Crippen LogP contribution in [0.4, 0.5) is 0 Å². The fourth-order valence-electron chi connectivity index (χ4n) is 4.39. The molecule has 1 fully saturated rings. The third-order valence-corrected chi connectivity index (χ3v) is 6.21. The molecule has 0 bridgehead atoms. The van der Waals surface area contributed by atoms with E-state index >= 15 is 0 Å². The van der Waals surface area contributed by atoms with Crippen LogP contribution in [0.15, 0.2) is 36.9 Å². The topological polar surface area (TPSA) is 81.5 Å². The molecule has 0 unspecified atom stereocenters. The van der Waals surface area contributed by atoms with Crippen molar-refractivity contribution in [2.75, 3.05) is 32.9 Å². The number of carbonyl (C=O) groups excluding carboxylic acids is 1. The monoisotopic (exact) mass is 439 g/mol. The summed E-state index contributed by atoms with van der Waals surface area (Å²) >= 11 is 0. The number of nitrogens with zero attached hydrogens (tertiary/aromatic N) is 4. The first-order valence-corrected chi connectivity index (χ1v) is 11.5. The number of hydrogen-bond donors (Lipinski definition) is 1. The van der Waals surface area contributed by atoms with Crippen molar-refractivity contribution in [1.29, 1.82) is 0 Å². The van der Waals surface area contributed by atoms with Gasteiger partial charge in [0.15, 0.2) is 5.82 Å². The van der Waals surface area contributed by atoms with Gasteiger partial charge < -0.3 is 19.4 Å². The molecule has 172 valence electrons. The van der Waals surface area contributed by atoms with Crippen LogP contribution in [0.25, 0.3) is 0 Å². The van der Waals surface area contributed by atoms with E-state index in [1.165, 1.54) is 5.56 Å². The number of ether oxygens (including phenoxy) is 2. The van der Waals surface area contributed by atoms with Crippen LogP contribution >= 0.6 is 0 Å². The number of aromatic nitrogens is 3. The Hall–Kier alpha value is -2.71. The highest BCUT2D eigenvalue weighted by Gasteiger charge is 2.26. The highest BCUT2D eigenvalue weighted by atomic mass is 16.5. The van der Waals surface area contributed by atoms with Crippen molar-refractivity contribution in [1.82, 2.24) is 25.0 Å². The van der Waals surface area contributed by atoms with Crippen LogP contribution in [0, 0.1) is 5.92 Å². The molecule has 1 N–H and O–H groups in total. The van der Waals surface area contributed by atoms with Crippen LogP contribution < -0.4 is 10.1 Å². The van der Waals surface area contributed by atoms with Gasteiger partial charge in [0.05, 0.1) is 6.04 Å². The van der Waals surface area contributed by atoms with Gasteiger partial charge in [-0.2, -0.15) is 0 Å². The molecule has 0 aliphatic carbocycles. The van der Waals surface area contributed by atoms with Crippen molar-refractivity contribution >= 4 is 5.91 Å². The number of para-hydroxylation sites is 1. The molecule has 1 aromatic heterocycles. The largest absolute Gasteiger partial charge is 0.489 e. The molecule has 0 radical (unpaired) electrons. The Morgan fingerprint density at radius 3 is 2.91 bits per heavy atom. The van der Waals surface area contributed by atoms with Gasteiger partial charge >= 0.3 is 0 Å². The Kier molecular flexibility index (Phi) is 7.55. The molecular weight excluding hydrogens is 406 g/mol. The zero-order chi connectivity index (χ0) is 22.3. The molecule has 8 nitrogen and oxygen atoms in total. The number of fused-ring (bicyclic) bond motifs is 1. The maximum atomic E-state index is 12.7. The molecular formula is C24H33N5O3. The molecule has 3 heterocycles. The fraction of sp³-hybridized carbons (Fsp3) is 0.542. The van der Waals surface area contributed by atoms with Gasteiger partial charge in [0.2, 0.25) is 5.91 Å². The molecule has 2 aliphatic heterocycles. The summed E-state index contributed by atoms with van der Waals surface area (Å²) < 4.78 is 13.4. The summed E-state index contributed by atoms with van der Waals surface area (Å²) in [7, 11) is 0. The van der Waals surface area contributed by atoms with Gasteiger partial charge in [0.25, 0.3) is 0 Å². The summed E-state index contributed by atoms with van der Waals surface area (Å²) in [6, 6.07) is 7.98. The summed E-state index contributed by atoms with van der Waals surface area (Å²) in [6.45, 7) is 10.9. The van der Waals surface area contributed by atoms with Gasteiger partial charge in [0, 0.05) is 57.3 Å². The van der Waals surface area contributed by atoms with Crippen molar-refractivity contribution in [2.24, 2.45) is 5.92 Å². The Morgan fingerprint density at radius 2 is 2.09 bits per heavy atom.